The number of rotatable bonds is 7. The van der Waals surface area contributed by atoms with Crippen LogP contribution in [0.2, 0.25) is 0 Å². The van der Waals surface area contributed by atoms with Gasteiger partial charge in [-0.05, 0) is 42.5 Å². The smallest absolute Gasteiger partial charge is 0.225 e. The average molecular weight is 403 g/mol. The molecule has 9 heteroatoms. The summed E-state index contributed by atoms with van der Waals surface area (Å²) in [4.78, 5) is 16.2. The molecule has 0 aliphatic rings. The predicted octanol–water partition coefficient (Wildman–Crippen LogP) is 3.04. The highest BCUT2D eigenvalue weighted by Crippen LogP contribution is 2.34. The molecule has 1 aromatic heterocycles. The first-order valence-corrected chi connectivity index (χ1v) is 10.3. The number of fused-ring (bicyclic) bond motifs is 1. The summed E-state index contributed by atoms with van der Waals surface area (Å²) in [6.07, 6.45) is 4.21. The monoisotopic (exact) mass is 403 g/mol. The molecule has 0 aliphatic carbocycles. The predicted molar refractivity (Wildman–Crippen MR) is 104 cm³/mol. The summed E-state index contributed by atoms with van der Waals surface area (Å²) >= 11 is 0. The van der Waals surface area contributed by atoms with Crippen LogP contribution in [0.15, 0.2) is 54.9 Å². The Kier molecular flexibility index (Phi) is 5.86. The average Bonchev–Trinajstić information content (AvgIpc) is 2.64. The number of amides is 1. The number of hydrogen-bond donors (Lipinski definition) is 2. The van der Waals surface area contributed by atoms with Gasteiger partial charge in [-0.2, -0.15) is 0 Å². The van der Waals surface area contributed by atoms with Crippen molar-refractivity contribution in [1.29, 1.82) is 0 Å². The zero-order valence-corrected chi connectivity index (χ0v) is 15.8. The first kappa shape index (κ1) is 19.7. The van der Waals surface area contributed by atoms with Crippen LogP contribution in [-0.4, -0.2) is 32.1 Å². The van der Waals surface area contributed by atoms with Crippen molar-refractivity contribution in [2.45, 2.75) is 6.42 Å². The number of carbonyl (C=O) groups excluding carboxylic acids is 1. The van der Waals surface area contributed by atoms with Gasteiger partial charge >= 0.3 is 0 Å². The molecule has 0 bridgehead atoms. The maximum absolute atomic E-state index is 13.1. The van der Waals surface area contributed by atoms with E-state index in [0.29, 0.717) is 28.0 Å². The molecular formula is C19H18FN3O4S. The number of halogens is 1. The van der Waals surface area contributed by atoms with Gasteiger partial charge in [0.2, 0.25) is 15.9 Å². The van der Waals surface area contributed by atoms with E-state index in [2.05, 4.69) is 15.0 Å². The van der Waals surface area contributed by atoms with Crippen LogP contribution in [0, 0.1) is 5.82 Å². The molecule has 2 aromatic carbocycles. The van der Waals surface area contributed by atoms with Crippen molar-refractivity contribution in [3.63, 3.8) is 0 Å². The fourth-order valence-electron chi connectivity index (χ4n) is 2.55. The zero-order chi connectivity index (χ0) is 20.1. The van der Waals surface area contributed by atoms with E-state index >= 15 is 0 Å². The molecule has 0 saturated carbocycles. The van der Waals surface area contributed by atoms with Crippen molar-refractivity contribution in [3.05, 3.63) is 60.7 Å². The lowest BCUT2D eigenvalue weighted by Crippen LogP contribution is -2.26. The lowest BCUT2D eigenvalue weighted by molar-refractivity contribution is -0.116. The Morgan fingerprint density at radius 2 is 1.86 bits per heavy atom. The minimum absolute atomic E-state index is 0.00656. The summed E-state index contributed by atoms with van der Waals surface area (Å²) < 4.78 is 43.3. The van der Waals surface area contributed by atoms with E-state index in [-0.39, 0.29) is 24.7 Å². The van der Waals surface area contributed by atoms with Crippen LogP contribution in [0.3, 0.4) is 0 Å². The minimum atomic E-state index is -3.35. The van der Waals surface area contributed by atoms with E-state index in [1.807, 2.05) is 0 Å². The zero-order valence-electron chi connectivity index (χ0n) is 15.0. The van der Waals surface area contributed by atoms with Gasteiger partial charge in [0.1, 0.15) is 17.3 Å². The van der Waals surface area contributed by atoms with Gasteiger partial charge < -0.3 is 10.1 Å². The molecule has 7 nitrogen and oxygen atoms in total. The lowest BCUT2D eigenvalue weighted by atomic mass is 10.1. The number of anilines is 1. The minimum Gasteiger partial charge on any atom is -0.457 e. The molecule has 0 atom stereocenters. The summed E-state index contributed by atoms with van der Waals surface area (Å²) in [5.41, 5.74) is 0.527. The Labute approximate surface area is 161 Å². The SMILES string of the molecule is CS(=O)(=O)NCCC(=O)Nc1ccc(Oc2ccc(F)cc2)c2ccncc12. The van der Waals surface area contributed by atoms with Crippen molar-refractivity contribution in [2.24, 2.45) is 0 Å². The van der Waals surface area contributed by atoms with Crippen LogP contribution in [0.5, 0.6) is 11.5 Å². The van der Waals surface area contributed by atoms with Crippen molar-refractivity contribution in [2.75, 3.05) is 18.1 Å². The van der Waals surface area contributed by atoms with Crippen LogP contribution in [-0.2, 0) is 14.8 Å². The third-order valence-corrected chi connectivity index (χ3v) is 4.54. The van der Waals surface area contributed by atoms with E-state index in [9.17, 15) is 17.6 Å². The molecule has 0 spiro atoms. The number of hydrogen-bond acceptors (Lipinski definition) is 5. The second-order valence-corrected chi connectivity index (χ2v) is 7.89. The Balaban J connectivity index is 1.79. The molecule has 3 aromatic rings. The molecule has 1 heterocycles. The molecule has 0 saturated heterocycles. The van der Waals surface area contributed by atoms with Crippen molar-refractivity contribution >= 4 is 32.4 Å². The number of sulfonamides is 1. The normalized spacial score (nSPS) is 11.4. The maximum atomic E-state index is 13.1. The molecule has 0 radical (unpaired) electrons. The van der Waals surface area contributed by atoms with Crippen LogP contribution in [0.4, 0.5) is 10.1 Å². The van der Waals surface area contributed by atoms with E-state index < -0.39 is 10.0 Å². The highest BCUT2D eigenvalue weighted by atomic mass is 32.2. The molecule has 3 rings (SSSR count). The van der Waals surface area contributed by atoms with Gasteiger partial charge in [0, 0.05) is 36.1 Å². The lowest BCUT2D eigenvalue weighted by Gasteiger charge is -2.13. The summed E-state index contributed by atoms with van der Waals surface area (Å²) in [6, 6.07) is 10.8. The highest BCUT2D eigenvalue weighted by molar-refractivity contribution is 7.88. The van der Waals surface area contributed by atoms with Gasteiger partial charge in [0.15, 0.2) is 0 Å². The molecule has 0 unspecified atom stereocenters. The largest absolute Gasteiger partial charge is 0.457 e. The second-order valence-electron chi connectivity index (χ2n) is 6.05. The number of carbonyl (C=O) groups is 1. The van der Waals surface area contributed by atoms with Gasteiger partial charge in [-0.25, -0.2) is 17.5 Å². The molecule has 1 amide bonds. The standard InChI is InChI=1S/C19H18FN3O4S/c1-28(25,26)22-11-9-19(24)23-17-6-7-18(15-8-10-21-12-16(15)17)27-14-4-2-13(20)3-5-14/h2-8,10,12,22H,9,11H2,1H3,(H,23,24). The third-order valence-electron chi connectivity index (χ3n) is 3.81. The summed E-state index contributed by atoms with van der Waals surface area (Å²) in [7, 11) is -3.35. The van der Waals surface area contributed by atoms with Crippen LogP contribution in [0.25, 0.3) is 10.8 Å². The van der Waals surface area contributed by atoms with Gasteiger partial charge in [-0.15, -0.1) is 0 Å². The maximum Gasteiger partial charge on any atom is 0.225 e. The first-order valence-electron chi connectivity index (χ1n) is 8.36. The summed E-state index contributed by atoms with van der Waals surface area (Å²) in [5.74, 6) is 0.308. The molecular weight excluding hydrogens is 385 g/mol. The molecule has 146 valence electrons. The molecule has 2 N–H and O–H groups in total. The van der Waals surface area contributed by atoms with E-state index in [4.69, 9.17) is 4.74 Å². The third kappa shape index (κ3) is 5.24. The number of aromatic nitrogens is 1. The Hall–Kier alpha value is -3.04. The number of pyridine rings is 1. The Morgan fingerprint density at radius 1 is 1.11 bits per heavy atom. The van der Waals surface area contributed by atoms with Gasteiger partial charge in [0.25, 0.3) is 0 Å². The van der Waals surface area contributed by atoms with E-state index in [1.165, 1.54) is 24.3 Å². The second kappa shape index (κ2) is 8.32. The first-order chi connectivity index (χ1) is 13.3. The highest BCUT2D eigenvalue weighted by Gasteiger charge is 2.11. The fraction of sp³-hybridized carbons (Fsp3) is 0.158. The van der Waals surface area contributed by atoms with Crippen molar-refractivity contribution in [3.8, 4) is 11.5 Å². The Morgan fingerprint density at radius 3 is 2.57 bits per heavy atom. The Bertz CT molecular complexity index is 1100. The number of ether oxygens (including phenoxy) is 1. The molecule has 0 fully saturated rings. The number of nitrogens with one attached hydrogen (secondary N) is 2. The topological polar surface area (TPSA) is 97.4 Å². The van der Waals surface area contributed by atoms with Crippen molar-refractivity contribution in [1.82, 2.24) is 9.71 Å². The molecule has 28 heavy (non-hydrogen) atoms. The summed E-state index contributed by atoms with van der Waals surface area (Å²) in [5, 5.41) is 4.12. The van der Waals surface area contributed by atoms with Gasteiger partial charge in [-0.3, -0.25) is 9.78 Å². The van der Waals surface area contributed by atoms with Crippen LogP contribution in [0.1, 0.15) is 6.42 Å². The number of nitrogens with zero attached hydrogens (tertiary/aromatic N) is 1. The molecule has 0 aliphatic heterocycles. The quantitative estimate of drug-likeness (QED) is 0.632. The van der Waals surface area contributed by atoms with Crippen LogP contribution >= 0.6 is 0 Å². The van der Waals surface area contributed by atoms with Crippen molar-refractivity contribution < 1.29 is 22.3 Å². The van der Waals surface area contributed by atoms with E-state index in [0.717, 1.165) is 6.26 Å². The van der Waals surface area contributed by atoms with E-state index in [1.54, 1.807) is 30.6 Å². The van der Waals surface area contributed by atoms with Crippen LogP contribution < -0.4 is 14.8 Å². The van der Waals surface area contributed by atoms with Gasteiger partial charge in [-0.1, -0.05) is 0 Å². The number of benzene rings is 2. The fourth-order valence-corrected chi connectivity index (χ4v) is 3.03. The summed E-state index contributed by atoms with van der Waals surface area (Å²) in [6.45, 7) is 0.00656. The van der Waals surface area contributed by atoms with Gasteiger partial charge in [0.05, 0.1) is 11.9 Å².